The van der Waals surface area contributed by atoms with Gasteiger partial charge in [-0.15, -0.1) is 0 Å². The molecular weight excluding hydrogens is 224 g/mol. The monoisotopic (exact) mass is 256 g/mol. The quantitative estimate of drug-likeness (QED) is 0.757. The van der Waals surface area contributed by atoms with Crippen LogP contribution in [0.15, 0.2) is 0 Å². The summed E-state index contributed by atoms with van der Waals surface area (Å²) in [4.78, 5) is 2.55. The van der Waals surface area contributed by atoms with E-state index >= 15 is 0 Å². The lowest BCUT2D eigenvalue weighted by molar-refractivity contribution is -0.0121. The van der Waals surface area contributed by atoms with Crippen LogP contribution in [0.5, 0.6) is 0 Å². The van der Waals surface area contributed by atoms with Crippen molar-refractivity contribution in [1.82, 2.24) is 10.2 Å². The van der Waals surface area contributed by atoms with Crippen molar-refractivity contribution in [2.75, 3.05) is 32.8 Å². The molecule has 1 heterocycles. The predicted octanol–water partition coefficient (Wildman–Crippen LogP) is 2.51. The highest BCUT2D eigenvalue weighted by atomic mass is 16.5. The Labute approximate surface area is 113 Å². The molecule has 3 heteroatoms. The molecule has 1 N–H and O–H groups in total. The van der Waals surface area contributed by atoms with Gasteiger partial charge in [-0.2, -0.15) is 0 Å². The lowest BCUT2D eigenvalue weighted by Gasteiger charge is -2.36. The number of likely N-dealkylation sites (tertiary alicyclic amines) is 1. The van der Waals surface area contributed by atoms with Crippen LogP contribution in [-0.2, 0) is 4.74 Å². The summed E-state index contributed by atoms with van der Waals surface area (Å²) in [5.41, 5.74) is -0.0485. The molecule has 1 rings (SSSR count). The van der Waals surface area contributed by atoms with E-state index in [1.54, 1.807) is 0 Å². The van der Waals surface area contributed by atoms with Crippen molar-refractivity contribution < 1.29 is 4.74 Å². The van der Waals surface area contributed by atoms with Crippen LogP contribution in [0, 0.1) is 5.92 Å². The van der Waals surface area contributed by atoms with E-state index in [1.807, 2.05) is 0 Å². The van der Waals surface area contributed by atoms with Crippen molar-refractivity contribution in [2.24, 2.45) is 5.92 Å². The first-order valence-corrected chi connectivity index (χ1v) is 7.58. The minimum absolute atomic E-state index is 0.0485. The smallest absolute Gasteiger partial charge is 0.0750 e. The third-order valence-electron chi connectivity index (χ3n) is 4.17. The number of hydrogen-bond acceptors (Lipinski definition) is 3. The van der Waals surface area contributed by atoms with Crippen LogP contribution in [0.4, 0.5) is 0 Å². The first kappa shape index (κ1) is 15.9. The molecule has 1 saturated heterocycles. The lowest BCUT2D eigenvalue weighted by Crippen LogP contribution is -2.46. The molecule has 108 valence electrons. The van der Waals surface area contributed by atoms with Gasteiger partial charge in [-0.25, -0.2) is 0 Å². The highest BCUT2D eigenvalue weighted by molar-refractivity contribution is 4.82. The molecule has 0 radical (unpaired) electrons. The van der Waals surface area contributed by atoms with Crippen molar-refractivity contribution >= 4 is 0 Å². The Hall–Kier alpha value is -0.120. The summed E-state index contributed by atoms with van der Waals surface area (Å²) in [7, 11) is 0. The van der Waals surface area contributed by atoms with Crippen molar-refractivity contribution in [2.45, 2.75) is 59.1 Å². The summed E-state index contributed by atoms with van der Waals surface area (Å²) >= 11 is 0. The van der Waals surface area contributed by atoms with Crippen LogP contribution in [0.2, 0.25) is 0 Å². The SMILES string of the molecule is CCOC(C)(C)CNC(C)C1CCN(CC)CC1. The van der Waals surface area contributed by atoms with Gasteiger partial charge in [-0.1, -0.05) is 6.92 Å². The topological polar surface area (TPSA) is 24.5 Å². The van der Waals surface area contributed by atoms with Gasteiger partial charge in [0.1, 0.15) is 0 Å². The summed E-state index contributed by atoms with van der Waals surface area (Å²) in [5, 5.41) is 3.67. The van der Waals surface area contributed by atoms with Gasteiger partial charge in [0.25, 0.3) is 0 Å². The molecule has 1 unspecified atom stereocenters. The molecule has 0 amide bonds. The molecular formula is C15H32N2O. The molecule has 0 aromatic rings. The molecule has 0 aromatic heterocycles. The van der Waals surface area contributed by atoms with Crippen LogP contribution in [0.3, 0.4) is 0 Å². The molecule has 3 nitrogen and oxygen atoms in total. The first-order chi connectivity index (χ1) is 8.48. The molecule has 0 aromatic carbocycles. The van der Waals surface area contributed by atoms with Crippen LogP contribution in [-0.4, -0.2) is 49.3 Å². The van der Waals surface area contributed by atoms with E-state index in [4.69, 9.17) is 4.74 Å². The minimum Gasteiger partial charge on any atom is -0.375 e. The molecule has 1 aliphatic heterocycles. The van der Waals surface area contributed by atoms with E-state index in [2.05, 4.69) is 44.8 Å². The zero-order chi connectivity index (χ0) is 13.6. The van der Waals surface area contributed by atoms with Gasteiger partial charge in [-0.3, -0.25) is 0 Å². The Balaban J connectivity index is 2.27. The van der Waals surface area contributed by atoms with E-state index in [-0.39, 0.29) is 5.60 Å². The van der Waals surface area contributed by atoms with E-state index < -0.39 is 0 Å². The Morgan fingerprint density at radius 1 is 1.28 bits per heavy atom. The lowest BCUT2D eigenvalue weighted by atomic mass is 9.90. The highest BCUT2D eigenvalue weighted by Gasteiger charge is 2.25. The fourth-order valence-corrected chi connectivity index (χ4v) is 2.78. The van der Waals surface area contributed by atoms with Crippen molar-refractivity contribution in [3.05, 3.63) is 0 Å². The highest BCUT2D eigenvalue weighted by Crippen LogP contribution is 2.21. The maximum absolute atomic E-state index is 5.73. The molecule has 0 saturated carbocycles. The van der Waals surface area contributed by atoms with Gasteiger partial charge >= 0.3 is 0 Å². The molecule has 0 spiro atoms. The Morgan fingerprint density at radius 2 is 1.89 bits per heavy atom. The third-order valence-corrected chi connectivity index (χ3v) is 4.17. The average molecular weight is 256 g/mol. The fraction of sp³-hybridized carbons (Fsp3) is 1.00. The minimum atomic E-state index is -0.0485. The van der Waals surface area contributed by atoms with E-state index in [0.717, 1.165) is 19.1 Å². The molecule has 18 heavy (non-hydrogen) atoms. The van der Waals surface area contributed by atoms with Crippen molar-refractivity contribution in [3.63, 3.8) is 0 Å². The first-order valence-electron chi connectivity index (χ1n) is 7.58. The van der Waals surface area contributed by atoms with Gasteiger partial charge in [0.2, 0.25) is 0 Å². The van der Waals surface area contributed by atoms with Crippen LogP contribution in [0.1, 0.15) is 47.5 Å². The van der Waals surface area contributed by atoms with Gasteiger partial charge in [0, 0.05) is 19.2 Å². The van der Waals surface area contributed by atoms with Crippen LogP contribution in [0.25, 0.3) is 0 Å². The van der Waals surface area contributed by atoms with Crippen molar-refractivity contribution in [1.29, 1.82) is 0 Å². The average Bonchev–Trinajstić information content (AvgIpc) is 2.36. The molecule has 1 aliphatic rings. The standard InChI is InChI=1S/C15H32N2O/c1-6-17-10-8-14(9-11-17)13(3)16-12-15(4,5)18-7-2/h13-14,16H,6-12H2,1-5H3. The van der Waals surface area contributed by atoms with Crippen LogP contribution < -0.4 is 5.32 Å². The van der Waals surface area contributed by atoms with Gasteiger partial charge in [-0.05, 0) is 66.1 Å². The van der Waals surface area contributed by atoms with E-state index in [1.165, 1.54) is 32.5 Å². The summed E-state index contributed by atoms with van der Waals surface area (Å²) in [6, 6.07) is 0.601. The molecule has 0 aliphatic carbocycles. The zero-order valence-electron chi connectivity index (χ0n) is 13.0. The largest absolute Gasteiger partial charge is 0.375 e. The van der Waals surface area contributed by atoms with E-state index in [9.17, 15) is 0 Å². The number of nitrogens with zero attached hydrogens (tertiary/aromatic N) is 1. The maximum atomic E-state index is 5.73. The number of hydrogen-bond donors (Lipinski definition) is 1. The maximum Gasteiger partial charge on any atom is 0.0750 e. The molecule has 0 bridgehead atoms. The summed E-state index contributed by atoms with van der Waals surface area (Å²) < 4.78 is 5.73. The summed E-state index contributed by atoms with van der Waals surface area (Å²) in [6.07, 6.45) is 2.66. The molecule has 1 fully saturated rings. The van der Waals surface area contributed by atoms with Crippen LogP contribution >= 0.6 is 0 Å². The predicted molar refractivity (Wildman–Crippen MR) is 78.0 cm³/mol. The zero-order valence-corrected chi connectivity index (χ0v) is 13.0. The van der Waals surface area contributed by atoms with E-state index in [0.29, 0.717) is 6.04 Å². The second kappa shape index (κ2) is 7.46. The Kier molecular flexibility index (Phi) is 6.61. The fourth-order valence-electron chi connectivity index (χ4n) is 2.78. The van der Waals surface area contributed by atoms with Crippen molar-refractivity contribution in [3.8, 4) is 0 Å². The second-order valence-electron chi connectivity index (χ2n) is 6.13. The number of rotatable bonds is 7. The Bertz CT molecular complexity index is 223. The summed E-state index contributed by atoms with van der Waals surface area (Å²) in [5.74, 6) is 0.824. The number of piperidine rings is 1. The third kappa shape index (κ3) is 5.25. The van der Waals surface area contributed by atoms with Gasteiger partial charge in [0.15, 0.2) is 0 Å². The normalized spacial score (nSPS) is 21.2. The van der Waals surface area contributed by atoms with Gasteiger partial charge in [0.05, 0.1) is 5.60 Å². The summed E-state index contributed by atoms with van der Waals surface area (Å²) in [6.45, 7) is 16.4. The Morgan fingerprint density at radius 3 is 2.39 bits per heavy atom. The number of nitrogens with one attached hydrogen (secondary N) is 1. The second-order valence-corrected chi connectivity index (χ2v) is 6.13. The number of ether oxygens (including phenoxy) is 1. The van der Waals surface area contributed by atoms with Gasteiger partial charge < -0.3 is 15.0 Å². The molecule has 1 atom stereocenters.